The van der Waals surface area contributed by atoms with E-state index in [9.17, 15) is 0 Å². The molecule has 0 aliphatic carbocycles. The van der Waals surface area contributed by atoms with E-state index in [0.29, 0.717) is 0 Å². The van der Waals surface area contributed by atoms with Gasteiger partial charge in [0.05, 0.1) is 5.69 Å². The molecule has 0 spiro atoms. The Morgan fingerprint density at radius 3 is 1.63 bits per heavy atom. The standard InChI is InChI=1S/C52H33NO/c1-5-16-42-34(11-1)14-9-21-49(42)53(40-30-25-37(26-31-40)48-33-38-13-3-4-15-41(38)45-18-7-8-19-46(45)48)39-28-23-36(24-29-39)43-20-10-22-50-51(43)47-32-27-35-12-2-6-17-44(35)52(47)54-50/h1-33H. The number of hydrogen-bond donors (Lipinski definition) is 0. The van der Waals surface area contributed by atoms with Crippen LogP contribution in [-0.4, -0.2) is 0 Å². The van der Waals surface area contributed by atoms with Crippen molar-refractivity contribution in [2.45, 2.75) is 0 Å². The summed E-state index contributed by atoms with van der Waals surface area (Å²) in [5, 5.41) is 12.1. The quantitative estimate of drug-likeness (QED) is 0.168. The minimum atomic E-state index is 0.902. The maximum absolute atomic E-state index is 6.52. The third kappa shape index (κ3) is 4.81. The summed E-state index contributed by atoms with van der Waals surface area (Å²) in [6, 6.07) is 72.2. The number of fused-ring (bicyclic) bond motifs is 9. The molecule has 252 valence electrons. The smallest absolute Gasteiger partial charge is 0.143 e. The molecule has 0 N–H and O–H groups in total. The van der Waals surface area contributed by atoms with Crippen LogP contribution in [0.5, 0.6) is 0 Å². The predicted octanol–water partition coefficient (Wildman–Crippen LogP) is 15.0. The summed E-state index contributed by atoms with van der Waals surface area (Å²) in [6.07, 6.45) is 0. The van der Waals surface area contributed by atoms with E-state index in [0.717, 1.165) is 55.5 Å². The Balaban J connectivity index is 1.04. The van der Waals surface area contributed by atoms with Crippen molar-refractivity contribution in [3.05, 3.63) is 200 Å². The van der Waals surface area contributed by atoms with Gasteiger partial charge in [0.1, 0.15) is 11.2 Å². The number of benzene rings is 10. The minimum absolute atomic E-state index is 0.902. The molecule has 2 heteroatoms. The van der Waals surface area contributed by atoms with Gasteiger partial charge in [-0.15, -0.1) is 0 Å². The van der Waals surface area contributed by atoms with Crippen molar-refractivity contribution in [2.75, 3.05) is 4.90 Å². The third-order valence-corrected chi connectivity index (χ3v) is 11.0. The van der Waals surface area contributed by atoms with Gasteiger partial charge in [0.15, 0.2) is 0 Å². The van der Waals surface area contributed by atoms with Crippen molar-refractivity contribution in [3.63, 3.8) is 0 Å². The minimum Gasteiger partial charge on any atom is -0.455 e. The second-order valence-corrected chi connectivity index (χ2v) is 14.1. The summed E-state index contributed by atoms with van der Waals surface area (Å²) in [5.41, 5.74) is 9.92. The average Bonchev–Trinajstić information content (AvgIpc) is 3.64. The first-order valence-electron chi connectivity index (χ1n) is 18.5. The maximum atomic E-state index is 6.52. The zero-order valence-electron chi connectivity index (χ0n) is 29.4. The molecule has 0 radical (unpaired) electrons. The van der Waals surface area contributed by atoms with Crippen LogP contribution >= 0.6 is 0 Å². The second-order valence-electron chi connectivity index (χ2n) is 14.1. The summed E-state index contributed by atoms with van der Waals surface area (Å²) in [5.74, 6) is 0. The molecule has 10 aromatic carbocycles. The fraction of sp³-hybridized carbons (Fsp3) is 0. The molecule has 2 nitrogen and oxygen atoms in total. The third-order valence-electron chi connectivity index (χ3n) is 11.0. The van der Waals surface area contributed by atoms with Gasteiger partial charge in [0.25, 0.3) is 0 Å². The molecule has 54 heavy (non-hydrogen) atoms. The van der Waals surface area contributed by atoms with E-state index >= 15 is 0 Å². The van der Waals surface area contributed by atoms with Crippen molar-refractivity contribution < 1.29 is 4.42 Å². The Morgan fingerprint density at radius 2 is 0.889 bits per heavy atom. The summed E-state index contributed by atoms with van der Waals surface area (Å²) in [6.45, 7) is 0. The highest BCUT2D eigenvalue weighted by Gasteiger charge is 2.18. The fourth-order valence-electron chi connectivity index (χ4n) is 8.50. The van der Waals surface area contributed by atoms with Gasteiger partial charge in [-0.2, -0.15) is 0 Å². The Kier molecular flexibility index (Phi) is 6.90. The second kappa shape index (κ2) is 12.2. The van der Waals surface area contributed by atoms with Crippen LogP contribution in [0.2, 0.25) is 0 Å². The van der Waals surface area contributed by atoms with Crippen molar-refractivity contribution in [2.24, 2.45) is 0 Å². The lowest BCUT2D eigenvalue weighted by Crippen LogP contribution is -2.10. The van der Waals surface area contributed by atoms with E-state index in [2.05, 4.69) is 205 Å². The highest BCUT2D eigenvalue weighted by Crippen LogP contribution is 2.43. The van der Waals surface area contributed by atoms with Crippen molar-refractivity contribution in [1.29, 1.82) is 0 Å². The highest BCUT2D eigenvalue weighted by molar-refractivity contribution is 6.19. The van der Waals surface area contributed by atoms with E-state index in [1.165, 1.54) is 48.8 Å². The first kappa shape index (κ1) is 30.5. The van der Waals surface area contributed by atoms with E-state index < -0.39 is 0 Å². The summed E-state index contributed by atoms with van der Waals surface area (Å²) in [7, 11) is 0. The SMILES string of the molecule is c1ccc2c(N(c3ccc(-c4cc5ccccc5c5ccccc45)cc3)c3ccc(-c4cccc5oc6c7ccccc7ccc6c45)cc3)cccc2c1. The van der Waals surface area contributed by atoms with Crippen LogP contribution in [0.25, 0.3) is 87.3 Å². The molecule has 0 saturated heterocycles. The molecule has 11 rings (SSSR count). The van der Waals surface area contributed by atoms with E-state index in [1.807, 2.05) is 0 Å². The molecule has 1 heterocycles. The van der Waals surface area contributed by atoms with Crippen molar-refractivity contribution in [3.8, 4) is 22.3 Å². The Bertz CT molecular complexity index is 3200. The Labute approximate surface area is 312 Å². The van der Waals surface area contributed by atoms with Crippen LogP contribution in [0, 0.1) is 0 Å². The molecule has 0 unspecified atom stereocenters. The lowest BCUT2D eigenvalue weighted by atomic mass is 9.93. The lowest BCUT2D eigenvalue weighted by Gasteiger charge is -2.27. The molecule has 11 aromatic rings. The van der Waals surface area contributed by atoms with Crippen LogP contribution < -0.4 is 4.90 Å². The molecule has 0 bridgehead atoms. The van der Waals surface area contributed by atoms with E-state index in [-0.39, 0.29) is 0 Å². The number of nitrogens with zero attached hydrogens (tertiary/aromatic N) is 1. The monoisotopic (exact) mass is 687 g/mol. The van der Waals surface area contributed by atoms with Gasteiger partial charge < -0.3 is 9.32 Å². The Hall–Kier alpha value is -7.16. The van der Waals surface area contributed by atoms with Gasteiger partial charge in [-0.05, 0) is 103 Å². The van der Waals surface area contributed by atoms with Gasteiger partial charge >= 0.3 is 0 Å². The van der Waals surface area contributed by atoms with Crippen LogP contribution in [0.1, 0.15) is 0 Å². The predicted molar refractivity (Wildman–Crippen MR) is 229 cm³/mol. The zero-order valence-corrected chi connectivity index (χ0v) is 29.4. The first-order chi connectivity index (χ1) is 26.8. The molecule has 0 aliphatic heterocycles. The fourth-order valence-corrected chi connectivity index (χ4v) is 8.50. The van der Waals surface area contributed by atoms with Gasteiger partial charge in [-0.1, -0.05) is 152 Å². The summed E-state index contributed by atoms with van der Waals surface area (Å²) >= 11 is 0. The van der Waals surface area contributed by atoms with Crippen molar-refractivity contribution >= 4 is 82.1 Å². The highest BCUT2D eigenvalue weighted by atomic mass is 16.3. The molecule has 1 aromatic heterocycles. The average molecular weight is 688 g/mol. The largest absolute Gasteiger partial charge is 0.455 e. The van der Waals surface area contributed by atoms with E-state index in [4.69, 9.17) is 4.42 Å². The number of hydrogen-bond acceptors (Lipinski definition) is 2. The molecular weight excluding hydrogens is 655 g/mol. The van der Waals surface area contributed by atoms with Crippen LogP contribution in [0.15, 0.2) is 205 Å². The zero-order chi connectivity index (χ0) is 35.6. The molecule has 0 atom stereocenters. The van der Waals surface area contributed by atoms with Gasteiger partial charge in [-0.25, -0.2) is 0 Å². The summed E-state index contributed by atoms with van der Waals surface area (Å²) < 4.78 is 6.52. The first-order valence-corrected chi connectivity index (χ1v) is 18.5. The van der Waals surface area contributed by atoms with Gasteiger partial charge in [0.2, 0.25) is 0 Å². The van der Waals surface area contributed by atoms with E-state index in [1.54, 1.807) is 0 Å². The van der Waals surface area contributed by atoms with Gasteiger partial charge in [-0.3, -0.25) is 0 Å². The molecular formula is C52H33NO. The molecule has 0 fully saturated rings. The van der Waals surface area contributed by atoms with Crippen molar-refractivity contribution in [1.82, 2.24) is 0 Å². The van der Waals surface area contributed by atoms with Crippen LogP contribution in [0.4, 0.5) is 17.1 Å². The molecule has 0 aliphatic rings. The maximum Gasteiger partial charge on any atom is 0.143 e. The van der Waals surface area contributed by atoms with Crippen LogP contribution in [-0.2, 0) is 0 Å². The molecule has 0 saturated carbocycles. The number of furan rings is 1. The lowest BCUT2D eigenvalue weighted by molar-refractivity contribution is 0.673. The topological polar surface area (TPSA) is 16.4 Å². The number of rotatable bonds is 5. The normalized spacial score (nSPS) is 11.7. The number of anilines is 3. The Morgan fingerprint density at radius 1 is 0.333 bits per heavy atom. The molecule has 0 amide bonds. The van der Waals surface area contributed by atoms with Gasteiger partial charge in [0, 0.05) is 32.9 Å². The summed E-state index contributed by atoms with van der Waals surface area (Å²) in [4.78, 5) is 2.38. The van der Waals surface area contributed by atoms with Crippen LogP contribution in [0.3, 0.4) is 0 Å².